The maximum Gasteiger partial charge on any atom is 0.120 e. The zero-order valence-corrected chi connectivity index (χ0v) is 12.2. The fourth-order valence-electron chi connectivity index (χ4n) is 3.40. The van der Waals surface area contributed by atoms with E-state index in [1.54, 1.807) is 0 Å². The van der Waals surface area contributed by atoms with Crippen molar-refractivity contribution in [3.05, 3.63) is 59.7 Å². The average Bonchev–Trinajstić information content (AvgIpc) is 3.16. The van der Waals surface area contributed by atoms with Gasteiger partial charge in [0, 0.05) is 24.3 Å². The molecule has 21 heavy (non-hydrogen) atoms. The smallest absolute Gasteiger partial charge is 0.120 e. The fourth-order valence-corrected chi connectivity index (χ4v) is 3.40. The highest BCUT2D eigenvalue weighted by Gasteiger charge is 2.35. The van der Waals surface area contributed by atoms with Crippen LogP contribution in [0.5, 0.6) is 0 Å². The van der Waals surface area contributed by atoms with E-state index in [0.29, 0.717) is 6.04 Å². The number of nitrogens with one attached hydrogen (secondary N) is 1. The molecule has 0 saturated heterocycles. The zero-order chi connectivity index (χ0) is 14.2. The molecule has 3 nitrogen and oxygen atoms in total. The summed E-state index contributed by atoms with van der Waals surface area (Å²) in [6.45, 7) is 4.06. The molecule has 0 spiro atoms. The molecule has 0 radical (unpaired) electrons. The van der Waals surface area contributed by atoms with E-state index in [0.717, 1.165) is 25.3 Å². The molecule has 0 saturated carbocycles. The minimum absolute atomic E-state index is 0.297. The monoisotopic (exact) mass is 277 g/mol. The summed E-state index contributed by atoms with van der Waals surface area (Å²) in [5.74, 6) is 1.13. The minimum atomic E-state index is 0.297. The SMILES string of the molecule is Cc1cccc2c1CC(C1=NCCN1)N2c1ccccc1. The molecular weight excluding hydrogens is 258 g/mol. The van der Waals surface area contributed by atoms with Crippen LogP contribution in [-0.4, -0.2) is 25.0 Å². The van der Waals surface area contributed by atoms with E-state index < -0.39 is 0 Å². The van der Waals surface area contributed by atoms with Crippen LogP contribution >= 0.6 is 0 Å². The molecule has 2 heterocycles. The molecule has 2 aliphatic heterocycles. The second-order valence-corrected chi connectivity index (χ2v) is 5.69. The van der Waals surface area contributed by atoms with Gasteiger partial charge in [0.15, 0.2) is 0 Å². The van der Waals surface area contributed by atoms with Gasteiger partial charge >= 0.3 is 0 Å². The number of anilines is 2. The van der Waals surface area contributed by atoms with Crippen LogP contribution in [0.2, 0.25) is 0 Å². The summed E-state index contributed by atoms with van der Waals surface area (Å²) in [6, 6.07) is 17.5. The second-order valence-electron chi connectivity index (χ2n) is 5.69. The van der Waals surface area contributed by atoms with E-state index >= 15 is 0 Å². The van der Waals surface area contributed by atoms with Gasteiger partial charge in [0.05, 0.1) is 12.6 Å². The van der Waals surface area contributed by atoms with Gasteiger partial charge in [-0.25, -0.2) is 0 Å². The Labute approximate surface area is 125 Å². The first-order valence-corrected chi connectivity index (χ1v) is 7.55. The Balaban J connectivity index is 1.84. The number of aliphatic imine (C=N–C) groups is 1. The molecule has 1 N–H and O–H groups in total. The Morgan fingerprint density at radius 3 is 2.71 bits per heavy atom. The third kappa shape index (κ3) is 2.00. The van der Waals surface area contributed by atoms with Crippen LogP contribution in [-0.2, 0) is 6.42 Å². The van der Waals surface area contributed by atoms with Crippen LogP contribution < -0.4 is 10.2 Å². The van der Waals surface area contributed by atoms with E-state index in [2.05, 4.69) is 70.7 Å². The molecule has 106 valence electrons. The number of fused-ring (bicyclic) bond motifs is 1. The molecule has 3 heteroatoms. The number of hydrogen-bond donors (Lipinski definition) is 1. The maximum atomic E-state index is 4.67. The van der Waals surface area contributed by atoms with Gasteiger partial charge in [0.25, 0.3) is 0 Å². The molecule has 4 rings (SSSR count). The van der Waals surface area contributed by atoms with Gasteiger partial charge < -0.3 is 10.2 Å². The Kier molecular flexibility index (Phi) is 2.92. The fraction of sp³-hybridized carbons (Fsp3) is 0.278. The molecule has 1 atom stereocenters. The predicted molar refractivity (Wildman–Crippen MR) is 87.6 cm³/mol. The lowest BCUT2D eigenvalue weighted by molar-refractivity contribution is 0.837. The largest absolute Gasteiger partial charge is 0.370 e. The highest BCUT2D eigenvalue weighted by molar-refractivity contribution is 5.96. The summed E-state index contributed by atoms with van der Waals surface area (Å²) >= 11 is 0. The summed E-state index contributed by atoms with van der Waals surface area (Å²) in [4.78, 5) is 7.10. The van der Waals surface area contributed by atoms with Gasteiger partial charge in [-0.3, -0.25) is 4.99 Å². The van der Waals surface area contributed by atoms with Crippen molar-refractivity contribution in [2.24, 2.45) is 4.99 Å². The third-order valence-electron chi connectivity index (χ3n) is 4.40. The lowest BCUT2D eigenvalue weighted by atomic mass is 10.0. The van der Waals surface area contributed by atoms with E-state index in [9.17, 15) is 0 Å². The minimum Gasteiger partial charge on any atom is -0.370 e. The Morgan fingerprint density at radius 2 is 1.95 bits per heavy atom. The van der Waals surface area contributed by atoms with Gasteiger partial charge in [0.1, 0.15) is 5.84 Å². The van der Waals surface area contributed by atoms with Crippen LogP contribution in [0.3, 0.4) is 0 Å². The number of nitrogens with zero attached hydrogens (tertiary/aromatic N) is 2. The Bertz CT molecular complexity index is 691. The van der Waals surface area contributed by atoms with Crippen molar-refractivity contribution < 1.29 is 0 Å². The van der Waals surface area contributed by atoms with E-state index in [1.807, 2.05) is 0 Å². The normalized spacial score (nSPS) is 20.1. The molecule has 0 fully saturated rings. The van der Waals surface area contributed by atoms with Crippen LogP contribution in [0.1, 0.15) is 11.1 Å². The first-order valence-electron chi connectivity index (χ1n) is 7.55. The first-order chi connectivity index (χ1) is 10.3. The van der Waals surface area contributed by atoms with Gasteiger partial charge in [0.2, 0.25) is 0 Å². The highest BCUT2D eigenvalue weighted by atomic mass is 15.2. The Morgan fingerprint density at radius 1 is 1.10 bits per heavy atom. The van der Waals surface area contributed by atoms with E-state index in [4.69, 9.17) is 0 Å². The summed E-state index contributed by atoms with van der Waals surface area (Å²) < 4.78 is 0. The van der Waals surface area contributed by atoms with E-state index in [-0.39, 0.29) is 0 Å². The quantitative estimate of drug-likeness (QED) is 0.913. The van der Waals surface area contributed by atoms with Crippen molar-refractivity contribution in [1.82, 2.24) is 5.32 Å². The van der Waals surface area contributed by atoms with Gasteiger partial charge in [-0.15, -0.1) is 0 Å². The summed E-state index contributed by atoms with van der Waals surface area (Å²) in [5, 5.41) is 3.46. The van der Waals surface area contributed by atoms with Gasteiger partial charge in [-0.05, 0) is 36.2 Å². The number of para-hydroxylation sites is 1. The highest BCUT2D eigenvalue weighted by Crippen LogP contribution is 2.40. The number of benzene rings is 2. The van der Waals surface area contributed by atoms with Gasteiger partial charge in [-0.2, -0.15) is 0 Å². The van der Waals surface area contributed by atoms with Crippen LogP contribution in [0, 0.1) is 6.92 Å². The third-order valence-corrected chi connectivity index (χ3v) is 4.40. The Hall–Kier alpha value is -2.29. The lowest BCUT2D eigenvalue weighted by Crippen LogP contribution is -2.41. The standard InChI is InChI=1S/C18H19N3/c1-13-6-5-9-16-15(13)12-17(18-19-10-11-20-18)21(16)14-7-3-2-4-8-14/h2-9,17H,10-12H2,1H3,(H,19,20). The van der Waals surface area contributed by atoms with Crippen LogP contribution in [0.15, 0.2) is 53.5 Å². The molecular formula is C18H19N3. The molecule has 0 aromatic heterocycles. The second kappa shape index (κ2) is 4.92. The van der Waals surface area contributed by atoms with Crippen molar-refractivity contribution in [2.75, 3.05) is 18.0 Å². The molecule has 0 aliphatic carbocycles. The average molecular weight is 277 g/mol. The number of hydrogen-bond acceptors (Lipinski definition) is 3. The summed E-state index contributed by atoms with van der Waals surface area (Å²) in [6.07, 6.45) is 1.03. The zero-order valence-electron chi connectivity index (χ0n) is 12.2. The first kappa shape index (κ1) is 12.5. The maximum absolute atomic E-state index is 4.67. The number of amidine groups is 1. The van der Waals surface area contributed by atoms with Crippen molar-refractivity contribution in [2.45, 2.75) is 19.4 Å². The number of rotatable bonds is 2. The molecule has 2 aromatic carbocycles. The summed E-state index contributed by atoms with van der Waals surface area (Å²) in [5.41, 5.74) is 5.38. The van der Waals surface area contributed by atoms with E-state index in [1.165, 1.54) is 22.5 Å². The van der Waals surface area contributed by atoms with Crippen LogP contribution in [0.25, 0.3) is 0 Å². The van der Waals surface area contributed by atoms with Gasteiger partial charge in [-0.1, -0.05) is 30.3 Å². The number of aryl methyl sites for hydroxylation is 1. The van der Waals surface area contributed by atoms with Crippen molar-refractivity contribution in [3.8, 4) is 0 Å². The van der Waals surface area contributed by atoms with Crippen molar-refractivity contribution in [3.63, 3.8) is 0 Å². The van der Waals surface area contributed by atoms with Crippen molar-refractivity contribution in [1.29, 1.82) is 0 Å². The summed E-state index contributed by atoms with van der Waals surface area (Å²) in [7, 11) is 0. The molecule has 2 aromatic rings. The molecule has 0 amide bonds. The molecule has 2 aliphatic rings. The molecule has 1 unspecified atom stereocenters. The lowest BCUT2D eigenvalue weighted by Gasteiger charge is -2.27. The van der Waals surface area contributed by atoms with Crippen LogP contribution in [0.4, 0.5) is 11.4 Å². The topological polar surface area (TPSA) is 27.6 Å². The van der Waals surface area contributed by atoms with Crippen molar-refractivity contribution >= 4 is 17.2 Å². The molecule has 0 bridgehead atoms. The predicted octanol–water partition coefficient (Wildman–Crippen LogP) is 3.06.